The Morgan fingerprint density at radius 3 is 3.50 bits per heavy atom. The monoisotopic (exact) mass is 108 g/mol. The van der Waals surface area contributed by atoms with Gasteiger partial charge < -0.3 is 0 Å². The molecule has 0 spiro atoms. The van der Waals surface area contributed by atoms with Gasteiger partial charge in [0.1, 0.15) is 6.33 Å². The summed E-state index contributed by atoms with van der Waals surface area (Å²) in [5, 5.41) is 10.3. The van der Waals surface area contributed by atoms with E-state index in [-0.39, 0.29) is 0 Å². The molecule has 0 saturated heterocycles. The summed E-state index contributed by atoms with van der Waals surface area (Å²) in [5.74, 6) is 0. The summed E-state index contributed by atoms with van der Waals surface area (Å²) in [5.41, 5.74) is 0.852. The quantitative estimate of drug-likeness (QED) is 0.518. The Morgan fingerprint density at radius 2 is 2.62 bits per heavy atom. The number of hydrogen-bond acceptors (Lipinski definition) is 2. The van der Waals surface area contributed by atoms with Crippen molar-refractivity contribution in [3.8, 4) is 0 Å². The third-order valence-corrected chi connectivity index (χ3v) is 1.02. The summed E-state index contributed by atoms with van der Waals surface area (Å²) in [6, 6.07) is 1.85. The lowest BCUT2D eigenvalue weighted by Gasteiger charge is -1.72. The number of H-pyrrole nitrogens is 1. The van der Waals surface area contributed by atoms with Gasteiger partial charge in [-0.2, -0.15) is 0 Å². The van der Waals surface area contributed by atoms with Gasteiger partial charge in [-0.1, -0.05) is 0 Å². The molecule has 0 aromatic carbocycles. The molecule has 40 valence electrons. The first-order valence-electron chi connectivity index (χ1n) is 2.30. The van der Waals surface area contributed by atoms with Crippen LogP contribution in [0.3, 0.4) is 0 Å². The Kier molecular flexibility index (Phi) is 0.498. The van der Waals surface area contributed by atoms with Gasteiger partial charge >= 0.3 is 0 Å². The van der Waals surface area contributed by atoms with Gasteiger partial charge in [-0.15, -0.1) is 10.2 Å². The van der Waals surface area contributed by atoms with Crippen LogP contribution in [0.15, 0.2) is 18.6 Å². The van der Waals surface area contributed by atoms with Crippen LogP contribution in [0.4, 0.5) is 0 Å². The molecule has 0 unspecified atom stereocenters. The van der Waals surface area contributed by atoms with Crippen LogP contribution in [0, 0.1) is 0 Å². The van der Waals surface area contributed by atoms with Gasteiger partial charge in [0.25, 0.3) is 0 Å². The lowest BCUT2D eigenvalue weighted by molar-refractivity contribution is 0.955. The first-order chi connectivity index (χ1) is 3.97. The van der Waals surface area contributed by atoms with Crippen LogP contribution in [-0.4, -0.2) is 19.8 Å². The van der Waals surface area contributed by atoms with Crippen LogP contribution in [0.25, 0.3) is 5.65 Å². The van der Waals surface area contributed by atoms with Crippen molar-refractivity contribution in [2.45, 2.75) is 0 Å². The lowest BCUT2D eigenvalue weighted by Crippen LogP contribution is -1.75. The molecule has 0 fully saturated rings. The molecule has 0 aliphatic heterocycles. The molecule has 1 N–H and O–H groups in total. The molecule has 0 atom stereocenters. The summed E-state index contributed by atoms with van der Waals surface area (Å²) in [6.45, 7) is 0. The third-order valence-electron chi connectivity index (χ3n) is 1.02. The first kappa shape index (κ1) is 3.65. The highest BCUT2D eigenvalue weighted by molar-refractivity contribution is 5.32. The van der Waals surface area contributed by atoms with E-state index in [0.29, 0.717) is 0 Å². The molecule has 2 aromatic rings. The van der Waals surface area contributed by atoms with Crippen molar-refractivity contribution in [1.82, 2.24) is 19.8 Å². The van der Waals surface area contributed by atoms with E-state index in [1.165, 1.54) is 0 Å². The minimum Gasteiger partial charge on any atom is -0.299 e. The average molecular weight is 108 g/mol. The van der Waals surface area contributed by atoms with Crippen LogP contribution in [-0.2, 0) is 0 Å². The standard InChI is InChI=1S/C4H4N4/c1-2-6-8-3-5-7-4(1)8/h1-3,6H. The molecule has 8 heavy (non-hydrogen) atoms. The van der Waals surface area contributed by atoms with Crippen LogP contribution < -0.4 is 0 Å². The van der Waals surface area contributed by atoms with Crippen LogP contribution in [0.1, 0.15) is 0 Å². The van der Waals surface area contributed by atoms with Gasteiger partial charge in [-0.3, -0.25) is 5.10 Å². The summed E-state index contributed by atoms with van der Waals surface area (Å²) in [7, 11) is 0. The summed E-state index contributed by atoms with van der Waals surface area (Å²) >= 11 is 0. The molecule has 2 heterocycles. The SMILES string of the molecule is c1cc2nncn2[nH]1. The maximum Gasteiger partial charge on any atom is 0.176 e. The zero-order chi connectivity index (χ0) is 5.40. The van der Waals surface area contributed by atoms with E-state index in [4.69, 9.17) is 0 Å². The number of nitrogens with zero attached hydrogens (tertiary/aromatic N) is 3. The Balaban J connectivity index is 3.06. The maximum atomic E-state index is 3.76. The average Bonchev–Trinajstić information content (AvgIpc) is 2.15. The van der Waals surface area contributed by atoms with Crippen molar-refractivity contribution in [1.29, 1.82) is 0 Å². The van der Waals surface area contributed by atoms with Gasteiger partial charge in [0.2, 0.25) is 0 Å². The number of fused-ring (bicyclic) bond motifs is 1. The highest BCUT2D eigenvalue weighted by atomic mass is 15.3. The van der Waals surface area contributed by atoms with Gasteiger partial charge in [0.15, 0.2) is 5.65 Å². The Labute approximate surface area is 45.1 Å². The Bertz CT molecular complexity index is 229. The van der Waals surface area contributed by atoms with E-state index in [0.717, 1.165) is 5.65 Å². The fourth-order valence-corrected chi connectivity index (χ4v) is 0.649. The van der Waals surface area contributed by atoms with E-state index < -0.39 is 0 Å². The second-order valence-electron chi connectivity index (χ2n) is 1.52. The Hall–Kier alpha value is -1.32. The van der Waals surface area contributed by atoms with Crippen LogP contribution in [0.5, 0.6) is 0 Å². The number of hydrogen-bond donors (Lipinski definition) is 1. The van der Waals surface area contributed by atoms with E-state index in [1.807, 2.05) is 12.3 Å². The smallest absolute Gasteiger partial charge is 0.176 e. The summed E-state index contributed by atoms with van der Waals surface area (Å²) < 4.78 is 1.74. The molecule has 0 bridgehead atoms. The molecular formula is C4H4N4. The fraction of sp³-hybridized carbons (Fsp3) is 0. The molecule has 2 rings (SSSR count). The van der Waals surface area contributed by atoms with Crippen molar-refractivity contribution in [3.63, 3.8) is 0 Å². The van der Waals surface area contributed by atoms with Crippen LogP contribution in [0.2, 0.25) is 0 Å². The van der Waals surface area contributed by atoms with Gasteiger partial charge in [-0.25, -0.2) is 4.52 Å². The zero-order valence-electron chi connectivity index (χ0n) is 4.07. The van der Waals surface area contributed by atoms with Crippen molar-refractivity contribution in [2.75, 3.05) is 0 Å². The minimum atomic E-state index is 0.852. The molecule has 0 aliphatic rings. The van der Waals surface area contributed by atoms with Crippen molar-refractivity contribution >= 4 is 5.65 Å². The number of aromatic amines is 1. The zero-order valence-corrected chi connectivity index (χ0v) is 4.07. The van der Waals surface area contributed by atoms with Crippen molar-refractivity contribution in [3.05, 3.63) is 18.6 Å². The lowest BCUT2D eigenvalue weighted by atomic mass is 10.7. The van der Waals surface area contributed by atoms with Gasteiger partial charge in [0, 0.05) is 12.3 Å². The number of rotatable bonds is 0. The molecule has 4 heteroatoms. The van der Waals surface area contributed by atoms with E-state index >= 15 is 0 Å². The van der Waals surface area contributed by atoms with Crippen LogP contribution >= 0.6 is 0 Å². The van der Waals surface area contributed by atoms with Gasteiger partial charge in [-0.05, 0) is 0 Å². The molecule has 0 radical (unpaired) electrons. The molecule has 4 nitrogen and oxygen atoms in total. The number of nitrogens with one attached hydrogen (secondary N) is 1. The van der Waals surface area contributed by atoms with Crippen molar-refractivity contribution in [2.24, 2.45) is 0 Å². The molecule has 2 aromatic heterocycles. The number of aromatic nitrogens is 4. The topological polar surface area (TPSA) is 46.0 Å². The van der Waals surface area contributed by atoms with Crippen molar-refractivity contribution < 1.29 is 0 Å². The highest BCUT2D eigenvalue weighted by Gasteiger charge is 1.88. The summed E-state index contributed by atoms with van der Waals surface area (Å²) in [4.78, 5) is 0. The normalized spacial score (nSPS) is 10.5. The predicted octanol–water partition coefficient (Wildman–Crippen LogP) is 0.0574. The Morgan fingerprint density at radius 1 is 1.62 bits per heavy atom. The largest absolute Gasteiger partial charge is 0.299 e. The summed E-state index contributed by atoms with van der Waals surface area (Å²) in [6.07, 6.45) is 3.43. The highest BCUT2D eigenvalue weighted by Crippen LogP contribution is 1.91. The van der Waals surface area contributed by atoms with E-state index in [1.54, 1.807) is 10.8 Å². The second-order valence-corrected chi connectivity index (χ2v) is 1.52. The van der Waals surface area contributed by atoms with Gasteiger partial charge in [0.05, 0.1) is 0 Å². The maximum absolute atomic E-state index is 3.76. The molecule has 0 saturated carbocycles. The molecule has 0 aliphatic carbocycles. The first-order valence-corrected chi connectivity index (χ1v) is 2.30. The van der Waals surface area contributed by atoms with E-state index in [2.05, 4.69) is 15.3 Å². The minimum absolute atomic E-state index is 0.852. The molecule has 0 amide bonds. The molecular weight excluding hydrogens is 104 g/mol. The predicted molar refractivity (Wildman–Crippen MR) is 27.3 cm³/mol. The van der Waals surface area contributed by atoms with E-state index in [9.17, 15) is 0 Å². The third kappa shape index (κ3) is 0.294. The fourth-order valence-electron chi connectivity index (χ4n) is 0.649. The second kappa shape index (κ2) is 1.09.